The van der Waals surface area contributed by atoms with Gasteiger partial charge >= 0.3 is 0 Å². The van der Waals surface area contributed by atoms with Crippen LogP contribution in [0.5, 0.6) is 0 Å². The predicted octanol–water partition coefficient (Wildman–Crippen LogP) is 2.02. The summed E-state index contributed by atoms with van der Waals surface area (Å²) in [7, 11) is -3.04. The fourth-order valence-corrected chi connectivity index (χ4v) is 6.06. The zero-order chi connectivity index (χ0) is 19.3. The molecule has 2 aromatic heterocycles. The third kappa shape index (κ3) is 3.20. The van der Waals surface area contributed by atoms with Crippen LogP contribution < -0.4 is 9.80 Å². The van der Waals surface area contributed by atoms with Crippen LogP contribution in [0.15, 0.2) is 24.3 Å². The predicted molar refractivity (Wildman–Crippen MR) is 107 cm³/mol. The molecule has 0 bridgehead atoms. The van der Waals surface area contributed by atoms with E-state index in [2.05, 4.69) is 25.0 Å². The van der Waals surface area contributed by atoms with Crippen LogP contribution in [0.1, 0.15) is 11.3 Å². The average Bonchev–Trinajstić information content (AvgIpc) is 3.13. The van der Waals surface area contributed by atoms with Crippen molar-refractivity contribution in [3.8, 4) is 0 Å². The summed E-state index contributed by atoms with van der Waals surface area (Å²) in [4.78, 5) is 8.72. The molecule has 0 N–H and O–H groups in total. The minimum Gasteiger partial charge on any atom is -0.352 e. The van der Waals surface area contributed by atoms with Gasteiger partial charge < -0.3 is 9.80 Å². The molecule has 1 saturated heterocycles. The molecule has 5 rings (SSSR count). The molecule has 0 saturated carbocycles. The molecule has 0 spiro atoms. The Labute approximate surface area is 165 Å². The van der Waals surface area contributed by atoms with Crippen LogP contribution >= 0.6 is 11.3 Å². The van der Waals surface area contributed by atoms with Gasteiger partial charge in [0, 0.05) is 32.6 Å². The monoisotopic (exact) mass is 419 g/mol. The topological polar surface area (TPSA) is 79.3 Å². The molecular formula is C18H18FN5O2S2. The fourth-order valence-electron chi connectivity index (χ4n) is 3.66. The lowest BCUT2D eigenvalue weighted by Crippen LogP contribution is -2.47. The SMILES string of the molecule is O=S1(=O)CCc2nnc(N3CCN(c4nc5c(F)cccc5s4)CC3)cc2C1. The molecule has 0 aliphatic carbocycles. The number of sulfone groups is 1. The van der Waals surface area contributed by atoms with Gasteiger partial charge in [0.15, 0.2) is 20.8 Å². The maximum atomic E-state index is 13.9. The third-order valence-electron chi connectivity index (χ3n) is 5.21. The standard InChI is InChI=1S/C18H18FN5O2S2/c19-13-2-1-3-15-17(13)20-18(27-15)24-7-5-23(6-8-24)16-10-12-11-28(25,26)9-4-14(12)21-22-16/h1-3,10H,4-9,11H2. The number of halogens is 1. The molecule has 1 fully saturated rings. The molecule has 28 heavy (non-hydrogen) atoms. The Bertz CT molecular complexity index is 1160. The Morgan fingerprint density at radius 2 is 1.86 bits per heavy atom. The molecule has 2 aliphatic rings. The second-order valence-corrected chi connectivity index (χ2v) is 10.3. The Balaban J connectivity index is 1.32. The summed E-state index contributed by atoms with van der Waals surface area (Å²) in [6.07, 6.45) is 0.437. The third-order valence-corrected chi connectivity index (χ3v) is 7.86. The second-order valence-electron chi connectivity index (χ2n) is 7.07. The molecule has 0 amide bonds. The Hall–Kier alpha value is -2.33. The average molecular weight is 420 g/mol. The number of hydrogen-bond donors (Lipinski definition) is 0. The van der Waals surface area contributed by atoms with Gasteiger partial charge in [0.1, 0.15) is 11.3 Å². The molecule has 0 atom stereocenters. The van der Waals surface area contributed by atoms with E-state index in [1.165, 1.54) is 17.4 Å². The Kier molecular flexibility index (Phi) is 4.20. The molecule has 3 aromatic rings. The first-order valence-electron chi connectivity index (χ1n) is 9.09. The molecular weight excluding hydrogens is 401 g/mol. The molecule has 1 aromatic carbocycles. The van der Waals surface area contributed by atoms with Crippen molar-refractivity contribution in [1.82, 2.24) is 15.2 Å². The van der Waals surface area contributed by atoms with Gasteiger partial charge in [-0.3, -0.25) is 0 Å². The van der Waals surface area contributed by atoms with E-state index >= 15 is 0 Å². The van der Waals surface area contributed by atoms with Crippen LogP contribution in [0.4, 0.5) is 15.3 Å². The highest BCUT2D eigenvalue weighted by Gasteiger charge is 2.26. The van der Waals surface area contributed by atoms with Crippen LogP contribution in [0.25, 0.3) is 10.2 Å². The van der Waals surface area contributed by atoms with Crippen molar-refractivity contribution in [3.05, 3.63) is 41.3 Å². The van der Waals surface area contributed by atoms with Gasteiger partial charge in [0.2, 0.25) is 0 Å². The lowest BCUT2D eigenvalue weighted by atomic mass is 10.2. The first-order valence-corrected chi connectivity index (χ1v) is 11.7. The van der Waals surface area contributed by atoms with Crippen molar-refractivity contribution >= 4 is 42.3 Å². The van der Waals surface area contributed by atoms with Crippen LogP contribution in [0.3, 0.4) is 0 Å². The summed E-state index contributed by atoms with van der Waals surface area (Å²) in [6, 6.07) is 6.87. The normalized spacial score (nSPS) is 19.0. The Morgan fingerprint density at radius 1 is 1.07 bits per heavy atom. The van der Waals surface area contributed by atoms with E-state index in [9.17, 15) is 12.8 Å². The van der Waals surface area contributed by atoms with E-state index in [-0.39, 0.29) is 17.3 Å². The minimum absolute atomic E-state index is 0.0437. The summed E-state index contributed by atoms with van der Waals surface area (Å²) in [5.41, 5.74) is 1.97. The van der Waals surface area contributed by atoms with Crippen molar-refractivity contribution < 1.29 is 12.8 Å². The first-order chi connectivity index (χ1) is 13.5. The number of thiazole rings is 1. The van der Waals surface area contributed by atoms with Gasteiger partial charge in [0.05, 0.1) is 21.9 Å². The summed E-state index contributed by atoms with van der Waals surface area (Å²) in [5.74, 6) is 0.612. The zero-order valence-electron chi connectivity index (χ0n) is 15.0. The number of nitrogens with zero attached hydrogens (tertiary/aromatic N) is 5. The number of para-hydroxylation sites is 1. The number of aryl methyl sites for hydroxylation is 1. The quantitative estimate of drug-likeness (QED) is 0.629. The van der Waals surface area contributed by atoms with Crippen LogP contribution in [-0.2, 0) is 22.0 Å². The number of aromatic nitrogens is 3. The van der Waals surface area contributed by atoms with Gasteiger partial charge in [-0.25, -0.2) is 17.8 Å². The number of benzene rings is 1. The van der Waals surface area contributed by atoms with Crippen LogP contribution in [0.2, 0.25) is 0 Å². The van der Waals surface area contributed by atoms with E-state index in [0.717, 1.165) is 47.3 Å². The summed E-state index contributed by atoms with van der Waals surface area (Å²) in [6.45, 7) is 2.91. The molecule has 4 heterocycles. The molecule has 146 valence electrons. The highest BCUT2D eigenvalue weighted by atomic mass is 32.2. The maximum Gasteiger partial charge on any atom is 0.186 e. The van der Waals surface area contributed by atoms with E-state index in [1.54, 1.807) is 6.07 Å². The van der Waals surface area contributed by atoms with Crippen molar-refractivity contribution in [2.24, 2.45) is 0 Å². The number of anilines is 2. The van der Waals surface area contributed by atoms with Crippen LogP contribution in [-0.4, -0.2) is 55.5 Å². The maximum absolute atomic E-state index is 13.9. The molecule has 0 unspecified atom stereocenters. The van der Waals surface area contributed by atoms with Gasteiger partial charge in [-0.05, 0) is 23.8 Å². The molecule has 0 radical (unpaired) electrons. The molecule has 2 aliphatic heterocycles. The summed E-state index contributed by atoms with van der Waals surface area (Å²) in [5, 5.41) is 9.38. The lowest BCUT2D eigenvalue weighted by Gasteiger charge is -2.35. The van der Waals surface area contributed by atoms with E-state index in [0.29, 0.717) is 17.8 Å². The Morgan fingerprint density at radius 3 is 2.64 bits per heavy atom. The molecule has 10 heteroatoms. The van der Waals surface area contributed by atoms with Gasteiger partial charge in [-0.15, -0.1) is 5.10 Å². The number of piperazine rings is 1. The van der Waals surface area contributed by atoms with Gasteiger partial charge in [0.25, 0.3) is 0 Å². The van der Waals surface area contributed by atoms with E-state index in [4.69, 9.17) is 0 Å². The minimum atomic E-state index is -3.04. The summed E-state index contributed by atoms with van der Waals surface area (Å²) < 4.78 is 38.5. The second kappa shape index (κ2) is 6.63. The van der Waals surface area contributed by atoms with Crippen molar-refractivity contribution in [1.29, 1.82) is 0 Å². The summed E-state index contributed by atoms with van der Waals surface area (Å²) >= 11 is 1.49. The van der Waals surface area contributed by atoms with Gasteiger partial charge in [-0.2, -0.15) is 5.10 Å². The number of hydrogen-bond acceptors (Lipinski definition) is 8. The lowest BCUT2D eigenvalue weighted by molar-refractivity contribution is 0.589. The molecule has 7 nitrogen and oxygen atoms in total. The van der Waals surface area contributed by atoms with Gasteiger partial charge in [-0.1, -0.05) is 17.4 Å². The largest absolute Gasteiger partial charge is 0.352 e. The smallest absolute Gasteiger partial charge is 0.186 e. The number of fused-ring (bicyclic) bond motifs is 2. The number of rotatable bonds is 2. The van der Waals surface area contributed by atoms with E-state index < -0.39 is 9.84 Å². The highest BCUT2D eigenvalue weighted by Crippen LogP contribution is 2.31. The van der Waals surface area contributed by atoms with Crippen molar-refractivity contribution in [2.45, 2.75) is 12.2 Å². The van der Waals surface area contributed by atoms with E-state index in [1.807, 2.05) is 12.1 Å². The van der Waals surface area contributed by atoms with Crippen molar-refractivity contribution in [3.63, 3.8) is 0 Å². The first kappa shape index (κ1) is 17.7. The zero-order valence-corrected chi connectivity index (χ0v) is 16.6. The fraction of sp³-hybridized carbons (Fsp3) is 0.389. The van der Waals surface area contributed by atoms with Crippen LogP contribution in [0, 0.1) is 5.82 Å². The highest BCUT2D eigenvalue weighted by molar-refractivity contribution is 7.90. The van der Waals surface area contributed by atoms with Crippen molar-refractivity contribution in [2.75, 3.05) is 41.7 Å².